The van der Waals surface area contributed by atoms with Crippen LogP contribution in [0.3, 0.4) is 0 Å². The normalized spacial score (nSPS) is 19.0. The summed E-state index contributed by atoms with van der Waals surface area (Å²) in [5, 5.41) is 28.1. The van der Waals surface area contributed by atoms with Gasteiger partial charge in [0.1, 0.15) is 14.8 Å². The highest BCUT2D eigenvalue weighted by Crippen LogP contribution is 2.39. The molecule has 1 aromatic carbocycles. The molecule has 0 unspecified atom stereocenters. The Balaban J connectivity index is 1.62. The summed E-state index contributed by atoms with van der Waals surface area (Å²) >= 11 is 0.861. The number of fused-ring (bicyclic) bond motifs is 2. The average molecular weight is 423 g/mol. The van der Waals surface area contributed by atoms with Gasteiger partial charge < -0.3 is 15.5 Å². The van der Waals surface area contributed by atoms with Crippen molar-refractivity contribution in [2.24, 2.45) is 9.50 Å². The van der Waals surface area contributed by atoms with E-state index in [1.165, 1.54) is 24.2 Å². The SMILES string of the molecule is C[C@@](O)(CO)c1ncc([S@@](N)(=O)=NC(=O)Nc2c3c(cc4c2CC4)CCC3)s1. The molecule has 28 heavy (non-hydrogen) atoms. The van der Waals surface area contributed by atoms with Gasteiger partial charge in [-0.25, -0.2) is 19.1 Å². The second-order valence-electron chi connectivity index (χ2n) is 7.39. The lowest BCUT2D eigenvalue weighted by atomic mass is 9.83. The van der Waals surface area contributed by atoms with E-state index in [4.69, 9.17) is 5.14 Å². The van der Waals surface area contributed by atoms with E-state index in [0.717, 1.165) is 60.3 Å². The Labute approximate surface area is 167 Å². The lowest BCUT2D eigenvalue weighted by molar-refractivity contribution is -0.00244. The molecule has 2 aliphatic rings. The van der Waals surface area contributed by atoms with E-state index >= 15 is 0 Å². The summed E-state index contributed by atoms with van der Waals surface area (Å²) < 4.78 is 16.6. The van der Waals surface area contributed by atoms with Crippen LogP contribution < -0.4 is 10.5 Å². The third-order valence-corrected chi connectivity index (χ3v) is 8.37. The van der Waals surface area contributed by atoms with E-state index < -0.39 is 28.2 Å². The smallest absolute Gasteiger partial charge is 0.354 e. The summed E-state index contributed by atoms with van der Waals surface area (Å²) in [5.74, 6) is 0. The molecule has 0 spiro atoms. The quantitative estimate of drug-likeness (QED) is 0.596. The summed E-state index contributed by atoms with van der Waals surface area (Å²) in [6.45, 7) is 0.832. The number of carbonyl (C=O) groups excluding carboxylic acids is 1. The fraction of sp³-hybridized carbons (Fsp3) is 0.444. The number of aliphatic hydroxyl groups is 2. The average Bonchev–Trinajstić information content (AvgIpc) is 3.26. The maximum Gasteiger partial charge on any atom is 0.354 e. The fourth-order valence-corrected chi connectivity index (χ4v) is 5.70. The first-order valence-electron chi connectivity index (χ1n) is 9.03. The molecule has 2 amide bonds. The standard InChI is InChI=1S/C18H22N4O4S2/c1-18(25,9-23)16-20-8-14(27-16)28(19,26)22-17(24)21-15-12-4-2-3-10(12)7-11-5-6-13(11)15/h7-8,23,25H,2-6,9H2,1H3,(H3,19,21,22,24,26)/t18-,28+/m1/s1. The Morgan fingerprint density at radius 3 is 2.75 bits per heavy atom. The van der Waals surface area contributed by atoms with Crippen LogP contribution in [0.1, 0.15) is 40.6 Å². The zero-order valence-electron chi connectivity index (χ0n) is 15.4. The second kappa shape index (κ2) is 6.89. The first-order valence-corrected chi connectivity index (χ1v) is 11.4. The molecule has 8 nitrogen and oxygen atoms in total. The van der Waals surface area contributed by atoms with Crippen molar-refractivity contribution in [3.05, 3.63) is 39.5 Å². The van der Waals surface area contributed by atoms with Crippen molar-refractivity contribution in [1.82, 2.24) is 4.98 Å². The lowest BCUT2D eigenvalue weighted by Gasteiger charge is -2.25. The third kappa shape index (κ3) is 3.35. The molecule has 1 heterocycles. The van der Waals surface area contributed by atoms with Crippen LogP contribution in [0, 0.1) is 0 Å². The van der Waals surface area contributed by atoms with Gasteiger partial charge in [-0.05, 0) is 61.3 Å². The van der Waals surface area contributed by atoms with Gasteiger partial charge in [0.05, 0.1) is 12.8 Å². The van der Waals surface area contributed by atoms with Gasteiger partial charge in [0.25, 0.3) is 0 Å². The van der Waals surface area contributed by atoms with Gasteiger partial charge in [0.15, 0.2) is 9.92 Å². The molecule has 0 fully saturated rings. The first-order chi connectivity index (χ1) is 13.2. The van der Waals surface area contributed by atoms with Gasteiger partial charge in [-0.1, -0.05) is 6.07 Å². The second-order valence-corrected chi connectivity index (χ2v) is 10.4. The van der Waals surface area contributed by atoms with Crippen molar-refractivity contribution in [3.63, 3.8) is 0 Å². The number of hydrogen-bond acceptors (Lipinski definition) is 6. The van der Waals surface area contributed by atoms with Gasteiger partial charge in [-0.3, -0.25) is 0 Å². The molecule has 2 aromatic rings. The van der Waals surface area contributed by atoms with Crippen molar-refractivity contribution in [1.29, 1.82) is 0 Å². The number of hydrogen-bond donors (Lipinski definition) is 4. The van der Waals surface area contributed by atoms with E-state index in [0.29, 0.717) is 0 Å². The number of nitrogens with one attached hydrogen (secondary N) is 1. The molecule has 0 aliphatic heterocycles. The number of nitrogens with two attached hydrogens (primary N) is 1. The number of thiazole rings is 1. The van der Waals surface area contributed by atoms with E-state index in [2.05, 4.69) is 20.7 Å². The van der Waals surface area contributed by atoms with E-state index in [1.54, 1.807) is 0 Å². The highest BCUT2D eigenvalue weighted by molar-refractivity contribution is 7.93. The largest absolute Gasteiger partial charge is 0.393 e. The lowest BCUT2D eigenvalue weighted by Crippen LogP contribution is -2.25. The number of nitrogens with zero attached hydrogens (tertiary/aromatic N) is 2. The molecule has 10 heteroatoms. The minimum absolute atomic E-state index is 0.0673. The zero-order chi connectivity index (χ0) is 20.1. The Bertz CT molecular complexity index is 1080. The highest BCUT2D eigenvalue weighted by atomic mass is 32.2. The van der Waals surface area contributed by atoms with E-state index in [1.807, 2.05) is 0 Å². The van der Waals surface area contributed by atoms with Crippen LogP contribution in [-0.4, -0.2) is 32.0 Å². The molecular formula is C18H22N4O4S2. The first kappa shape index (κ1) is 19.5. The number of urea groups is 1. The number of aliphatic hydroxyl groups excluding tert-OH is 1. The van der Waals surface area contributed by atoms with Crippen molar-refractivity contribution in [3.8, 4) is 0 Å². The van der Waals surface area contributed by atoms with Gasteiger partial charge in [-0.15, -0.1) is 15.7 Å². The third-order valence-electron chi connectivity index (χ3n) is 5.24. The van der Waals surface area contributed by atoms with Crippen molar-refractivity contribution in [2.45, 2.75) is 48.8 Å². The van der Waals surface area contributed by atoms with Gasteiger partial charge >= 0.3 is 6.03 Å². The number of anilines is 1. The van der Waals surface area contributed by atoms with Gasteiger partial charge in [0, 0.05) is 5.69 Å². The Morgan fingerprint density at radius 2 is 2.07 bits per heavy atom. The van der Waals surface area contributed by atoms with Crippen molar-refractivity contribution in [2.75, 3.05) is 11.9 Å². The van der Waals surface area contributed by atoms with Crippen LogP contribution in [0.2, 0.25) is 0 Å². The van der Waals surface area contributed by atoms with Gasteiger partial charge in [0.2, 0.25) is 0 Å². The monoisotopic (exact) mass is 422 g/mol. The minimum atomic E-state index is -3.52. The highest BCUT2D eigenvalue weighted by Gasteiger charge is 2.29. The molecule has 0 saturated heterocycles. The number of aryl methyl sites for hydroxylation is 2. The molecule has 2 aliphatic carbocycles. The Hall–Kier alpha value is -1.85. The fourth-order valence-electron chi connectivity index (χ4n) is 3.60. The molecule has 5 N–H and O–H groups in total. The van der Waals surface area contributed by atoms with Crippen molar-refractivity contribution >= 4 is 33.0 Å². The zero-order valence-corrected chi connectivity index (χ0v) is 17.0. The van der Waals surface area contributed by atoms with Crippen LogP contribution in [0.4, 0.5) is 10.5 Å². The molecule has 4 rings (SSSR count). The molecule has 2 atom stereocenters. The number of amides is 2. The number of carbonyl (C=O) groups is 1. The molecule has 0 bridgehead atoms. The van der Waals surface area contributed by atoms with E-state index in [9.17, 15) is 19.2 Å². The van der Waals surface area contributed by atoms with Crippen LogP contribution in [0.15, 0.2) is 20.8 Å². The molecular weight excluding hydrogens is 400 g/mol. The Kier molecular flexibility index (Phi) is 4.79. The maximum absolute atomic E-state index is 12.8. The molecule has 1 aromatic heterocycles. The van der Waals surface area contributed by atoms with E-state index in [-0.39, 0.29) is 9.22 Å². The van der Waals surface area contributed by atoms with Gasteiger partial charge in [-0.2, -0.15) is 0 Å². The number of rotatable bonds is 4. The summed E-state index contributed by atoms with van der Waals surface area (Å²) in [7, 11) is -3.52. The molecule has 150 valence electrons. The predicted octanol–water partition coefficient (Wildman–Crippen LogP) is 1.86. The summed E-state index contributed by atoms with van der Waals surface area (Å²) in [4.78, 5) is 16.5. The maximum atomic E-state index is 12.8. The summed E-state index contributed by atoms with van der Waals surface area (Å²) in [6, 6.07) is 1.47. The predicted molar refractivity (Wildman–Crippen MR) is 107 cm³/mol. The van der Waals surface area contributed by atoms with Crippen LogP contribution in [0.25, 0.3) is 0 Å². The number of aromatic nitrogens is 1. The van der Waals surface area contributed by atoms with Crippen LogP contribution in [0.5, 0.6) is 0 Å². The summed E-state index contributed by atoms with van der Waals surface area (Å²) in [5.41, 5.74) is 4.02. The van der Waals surface area contributed by atoms with Crippen LogP contribution in [-0.2, 0) is 41.2 Å². The summed E-state index contributed by atoms with van der Waals surface area (Å²) in [6.07, 6.45) is 6.10. The Morgan fingerprint density at radius 1 is 1.36 bits per heavy atom. The molecule has 0 radical (unpaired) electrons. The number of benzene rings is 1. The minimum Gasteiger partial charge on any atom is -0.393 e. The van der Waals surface area contributed by atoms with Crippen molar-refractivity contribution < 1.29 is 19.2 Å². The van der Waals surface area contributed by atoms with Crippen LogP contribution >= 0.6 is 11.3 Å². The molecule has 0 saturated carbocycles. The topological polar surface area (TPSA) is 138 Å².